The fourth-order valence-corrected chi connectivity index (χ4v) is 4.27. The zero-order chi connectivity index (χ0) is 25.1. The third kappa shape index (κ3) is 4.67. The van der Waals surface area contributed by atoms with Crippen molar-refractivity contribution in [3.05, 3.63) is 60.4 Å². The number of nitrogens with zero attached hydrogens (tertiary/aromatic N) is 3. The zero-order valence-corrected chi connectivity index (χ0v) is 19.5. The molecule has 5 rings (SSSR count). The van der Waals surface area contributed by atoms with Gasteiger partial charge in [-0.2, -0.15) is 0 Å². The van der Waals surface area contributed by atoms with Crippen molar-refractivity contribution in [2.24, 2.45) is 5.73 Å². The van der Waals surface area contributed by atoms with Gasteiger partial charge in [-0.3, -0.25) is 4.79 Å². The van der Waals surface area contributed by atoms with Crippen LogP contribution in [-0.2, 0) is 15.2 Å². The number of fused-ring (bicyclic) bond motifs is 1. The maximum absolute atomic E-state index is 14.7. The van der Waals surface area contributed by atoms with Crippen molar-refractivity contribution in [1.82, 2.24) is 9.97 Å². The Morgan fingerprint density at radius 2 is 1.75 bits per heavy atom. The van der Waals surface area contributed by atoms with Gasteiger partial charge in [-0.15, -0.1) is 0 Å². The lowest BCUT2D eigenvalue weighted by Gasteiger charge is -2.32. The quantitative estimate of drug-likeness (QED) is 0.395. The highest BCUT2D eigenvalue weighted by molar-refractivity contribution is 5.91. The highest BCUT2D eigenvalue weighted by Gasteiger charge is 2.49. The summed E-state index contributed by atoms with van der Waals surface area (Å²) in [5, 5.41) is 8.64. The molecule has 0 radical (unpaired) electrons. The van der Waals surface area contributed by atoms with Crippen LogP contribution >= 0.6 is 0 Å². The van der Waals surface area contributed by atoms with Crippen LogP contribution in [0.5, 0.6) is 0 Å². The molecule has 2 aromatic carbocycles. The van der Waals surface area contributed by atoms with Gasteiger partial charge in [0.25, 0.3) is 6.43 Å². The van der Waals surface area contributed by atoms with Crippen LogP contribution in [0.15, 0.2) is 54.6 Å². The van der Waals surface area contributed by atoms with Crippen LogP contribution in [-0.4, -0.2) is 55.1 Å². The number of anilines is 4. The van der Waals surface area contributed by atoms with Crippen LogP contribution in [0.1, 0.15) is 12.2 Å². The Hall–Kier alpha value is -3.83. The van der Waals surface area contributed by atoms with Crippen molar-refractivity contribution < 1.29 is 18.3 Å². The van der Waals surface area contributed by atoms with E-state index in [1.165, 1.54) is 0 Å². The Balaban J connectivity index is 1.54. The SMILES string of the molecule is NCCC(=O)Nc1ccc(-c2cc(N3CCOCC3)nc(C3(C(F)F)Nc4ccccc4N3)n2)cc1. The molecule has 0 saturated carbocycles. The van der Waals surface area contributed by atoms with Crippen LogP contribution in [0.25, 0.3) is 11.3 Å². The van der Waals surface area contributed by atoms with E-state index in [1.54, 1.807) is 54.6 Å². The van der Waals surface area contributed by atoms with E-state index >= 15 is 0 Å². The Morgan fingerprint density at radius 1 is 1.08 bits per heavy atom. The van der Waals surface area contributed by atoms with Crippen LogP contribution in [0.2, 0.25) is 0 Å². The van der Waals surface area contributed by atoms with Gasteiger partial charge in [0.1, 0.15) is 5.82 Å². The monoisotopic (exact) mass is 495 g/mol. The number of carbonyl (C=O) groups is 1. The summed E-state index contributed by atoms with van der Waals surface area (Å²) >= 11 is 0. The fourth-order valence-electron chi connectivity index (χ4n) is 4.27. The van der Waals surface area contributed by atoms with Crippen LogP contribution in [0, 0.1) is 0 Å². The van der Waals surface area contributed by atoms with Crippen molar-refractivity contribution in [2.75, 3.05) is 53.7 Å². The third-order valence-electron chi connectivity index (χ3n) is 6.15. The molecule has 0 unspecified atom stereocenters. The largest absolute Gasteiger partial charge is 0.378 e. The van der Waals surface area contributed by atoms with Gasteiger partial charge >= 0.3 is 0 Å². The molecule has 0 atom stereocenters. The highest BCUT2D eigenvalue weighted by Crippen LogP contribution is 2.42. The van der Waals surface area contributed by atoms with Gasteiger partial charge in [-0.25, -0.2) is 18.7 Å². The maximum atomic E-state index is 14.7. The van der Waals surface area contributed by atoms with Crippen LogP contribution in [0.3, 0.4) is 0 Å². The average Bonchev–Trinajstić information content (AvgIpc) is 3.31. The molecule has 3 heterocycles. The molecule has 0 spiro atoms. The lowest BCUT2D eigenvalue weighted by molar-refractivity contribution is -0.116. The minimum Gasteiger partial charge on any atom is -0.378 e. The Kier molecular flexibility index (Phi) is 6.66. The number of nitrogens with two attached hydrogens (primary N) is 1. The Bertz CT molecular complexity index is 1210. The molecule has 3 aromatic rings. The number of nitrogens with one attached hydrogen (secondary N) is 3. The number of carbonyl (C=O) groups excluding carboxylic acids is 1. The number of alkyl halides is 2. The number of morpholine rings is 1. The number of ether oxygens (including phenoxy) is 1. The van der Waals surface area contributed by atoms with E-state index in [0.29, 0.717) is 60.4 Å². The topological polar surface area (TPSA) is 117 Å². The summed E-state index contributed by atoms with van der Waals surface area (Å²) in [5.41, 5.74) is 6.35. The fraction of sp³-hybridized carbons (Fsp3) is 0.320. The van der Waals surface area contributed by atoms with Gasteiger partial charge in [-0.05, 0) is 24.3 Å². The van der Waals surface area contributed by atoms with Crippen molar-refractivity contribution >= 4 is 28.8 Å². The molecule has 0 aliphatic carbocycles. The molecule has 1 saturated heterocycles. The van der Waals surface area contributed by atoms with E-state index < -0.39 is 12.1 Å². The molecule has 36 heavy (non-hydrogen) atoms. The summed E-state index contributed by atoms with van der Waals surface area (Å²) in [6, 6.07) is 15.9. The summed E-state index contributed by atoms with van der Waals surface area (Å²) < 4.78 is 34.9. The second-order valence-corrected chi connectivity index (χ2v) is 8.60. The van der Waals surface area contributed by atoms with Crippen molar-refractivity contribution in [1.29, 1.82) is 0 Å². The molecule has 1 amide bonds. The van der Waals surface area contributed by atoms with E-state index in [0.717, 1.165) is 0 Å². The maximum Gasteiger partial charge on any atom is 0.286 e. The molecule has 5 N–H and O–H groups in total. The number of hydrogen-bond acceptors (Lipinski definition) is 8. The highest BCUT2D eigenvalue weighted by atomic mass is 19.3. The number of halogens is 2. The summed E-state index contributed by atoms with van der Waals surface area (Å²) in [7, 11) is 0. The van der Waals surface area contributed by atoms with E-state index in [9.17, 15) is 13.6 Å². The van der Waals surface area contributed by atoms with Gasteiger partial charge in [0.2, 0.25) is 11.6 Å². The number of amides is 1. The van der Waals surface area contributed by atoms with E-state index in [-0.39, 0.29) is 24.7 Å². The van der Waals surface area contributed by atoms with Crippen LogP contribution in [0.4, 0.5) is 31.7 Å². The zero-order valence-electron chi connectivity index (χ0n) is 19.5. The summed E-state index contributed by atoms with van der Waals surface area (Å²) in [6.45, 7) is 2.48. The first-order chi connectivity index (χ1) is 17.5. The molecule has 1 aromatic heterocycles. The molecule has 11 heteroatoms. The number of benzene rings is 2. The van der Waals surface area contributed by atoms with Crippen molar-refractivity contribution in [3.63, 3.8) is 0 Å². The molecular formula is C25H27F2N7O2. The molecule has 188 valence electrons. The molecule has 2 aliphatic heterocycles. The molecule has 1 fully saturated rings. The Morgan fingerprint density at radius 3 is 2.36 bits per heavy atom. The normalized spacial score (nSPS) is 16.3. The predicted octanol–water partition coefficient (Wildman–Crippen LogP) is 3.22. The first kappa shape index (κ1) is 23.9. The van der Waals surface area contributed by atoms with Crippen molar-refractivity contribution in [3.8, 4) is 11.3 Å². The number of hydrogen-bond donors (Lipinski definition) is 4. The minimum absolute atomic E-state index is 0.0620. The predicted molar refractivity (Wildman–Crippen MR) is 134 cm³/mol. The standard InChI is InChI=1S/C25H27F2N7O2/c26-23(27)25(32-18-3-1-2-4-19(18)33-25)24-30-20(15-21(31-24)34-11-13-36-14-12-34)16-5-7-17(8-6-16)29-22(35)9-10-28/h1-8,15,23,32-33H,9-14,28H2,(H,29,35). The summed E-state index contributed by atoms with van der Waals surface area (Å²) in [4.78, 5) is 23.1. The van der Waals surface area contributed by atoms with Gasteiger partial charge in [0.15, 0.2) is 5.82 Å². The lowest BCUT2D eigenvalue weighted by Crippen LogP contribution is -2.48. The van der Waals surface area contributed by atoms with E-state index in [4.69, 9.17) is 10.5 Å². The lowest BCUT2D eigenvalue weighted by atomic mass is 10.1. The van der Waals surface area contributed by atoms with Gasteiger partial charge in [0.05, 0.1) is 30.3 Å². The number of aromatic nitrogens is 2. The third-order valence-corrected chi connectivity index (χ3v) is 6.15. The van der Waals surface area contributed by atoms with E-state index in [1.807, 2.05) is 4.90 Å². The average molecular weight is 496 g/mol. The molecule has 2 aliphatic rings. The molecule has 0 bridgehead atoms. The van der Waals surface area contributed by atoms with Gasteiger partial charge in [0, 0.05) is 43.4 Å². The summed E-state index contributed by atoms with van der Waals surface area (Å²) in [5.74, 6) is 0.298. The number of rotatable bonds is 7. The van der Waals surface area contributed by atoms with E-state index in [2.05, 4.69) is 25.9 Å². The molecular weight excluding hydrogens is 468 g/mol. The van der Waals surface area contributed by atoms with Gasteiger partial charge in [-0.1, -0.05) is 24.3 Å². The summed E-state index contributed by atoms with van der Waals surface area (Å²) in [6.07, 6.45) is -2.63. The van der Waals surface area contributed by atoms with Crippen molar-refractivity contribution in [2.45, 2.75) is 18.5 Å². The van der Waals surface area contributed by atoms with Crippen LogP contribution < -0.4 is 26.6 Å². The first-order valence-corrected chi connectivity index (χ1v) is 11.7. The smallest absolute Gasteiger partial charge is 0.286 e. The minimum atomic E-state index is -2.85. The second kappa shape index (κ2) is 10.0. The Labute approximate surface area is 207 Å². The van der Waals surface area contributed by atoms with Gasteiger partial charge < -0.3 is 31.3 Å². The second-order valence-electron chi connectivity index (χ2n) is 8.60. The first-order valence-electron chi connectivity index (χ1n) is 11.7. The molecule has 9 nitrogen and oxygen atoms in total. The number of para-hydroxylation sites is 2.